The molecule has 8 nitrogen and oxygen atoms in total. The summed E-state index contributed by atoms with van der Waals surface area (Å²) < 4.78 is 34.0. The maximum Gasteiger partial charge on any atom is 0.320 e. The highest BCUT2D eigenvalue weighted by molar-refractivity contribution is 7.91. The number of nitrogens with zero attached hydrogens (tertiary/aromatic N) is 1. The van der Waals surface area contributed by atoms with Crippen molar-refractivity contribution >= 4 is 15.9 Å². The second-order valence-corrected chi connectivity index (χ2v) is 8.18. The van der Waals surface area contributed by atoms with Gasteiger partial charge in [0.25, 0.3) is 0 Å². The second kappa shape index (κ2) is 8.39. The summed E-state index contributed by atoms with van der Waals surface area (Å²) in [6.45, 7) is 2.29. The van der Waals surface area contributed by atoms with Crippen molar-refractivity contribution in [2.24, 2.45) is 0 Å². The van der Waals surface area contributed by atoms with E-state index in [4.69, 9.17) is 9.47 Å². The number of ether oxygens (including phenoxy) is 2. The predicted octanol–water partition coefficient (Wildman–Crippen LogP) is 0.962. The van der Waals surface area contributed by atoms with E-state index >= 15 is 0 Å². The van der Waals surface area contributed by atoms with E-state index in [1.807, 2.05) is 0 Å². The Balaban J connectivity index is 1.97. The molecule has 1 saturated heterocycles. The number of methoxy groups -OCH3 is 1. The first kappa shape index (κ1) is 19.3. The van der Waals surface area contributed by atoms with Crippen LogP contribution < -0.4 is 10.1 Å². The highest BCUT2D eigenvalue weighted by Gasteiger charge is 2.34. The molecule has 2 atom stereocenters. The molecule has 25 heavy (non-hydrogen) atoms. The summed E-state index contributed by atoms with van der Waals surface area (Å²) in [5.74, 6) is 0.681. The largest absolute Gasteiger partial charge is 0.508 e. The summed E-state index contributed by atoms with van der Waals surface area (Å²) in [6.07, 6.45) is -0.202. The standard InChI is InChI=1S/C16H24N2O6S/c1-12(24-15-5-3-14(19)4-6-15)17-16(20)18(8-9-23-2)13-7-10-25(21,22)11-13/h3-6,12-13,19H,7-11H2,1-2H3,(H,17,20). The lowest BCUT2D eigenvalue weighted by atomic mass is 10.2. The van der Waals surface area contributed by atoms with E-state index in [0.717, 1.165) is 0 Å². The van der Waals surface area contributed by atoms with Gasteiger partial charge in [-0.05, 0) is 37.6 Å². The predicted molar refractivity (Wildman–Crippen MR) is 92.4 cm³/mol. The monoisotopic (exact) mass is 372 g/mol. The van der Waals surface area contributed by atoms with E-state index in [1.165, 1.54) is 24.1 Å². The smallest absolute Gasteiger partial charge is 0.320 e. The Hall–Kier alpha value is -2.00. The fourth-order valence-electron chi connectivity index (χ4n) is 2.68. The first-order valence-electron chi connectivity index (χ1n) is 8.03. The van der Waals surface area contributed by atoms with E-state index in [2.05, 4.69) is 5.32 Å². The molecule has 9 heteroatoms. The number of carbonyl (C=O) groups is 1. The van der Waals surface area contributed by atoms with Crippen LogP contribution in [0, 0.1) is 0 Å². The molecule has 0 spiro atoms. The Bertz CT molecular complexity index is 676. The summed E-state index contributed by atoms with van der Waals surface area (Å²) in [4.78, 5) is 14.0. The molecule has 2 N–H and O–H groups in total. The third-order valence-electron chi connectivity index (χ3n) is 3.92. The van der Waals surface area contributed by atoms with Gasteiger partial charge in [0.05, 0.1) is 18.1 Å². The number of carbonyl (C=O) groups excluding carboxylic acids is 1. The minimum Gasteiger partial charge on any atom is -0.508 e. The molecule has 0 aliphatic carbocycles. The van der Waals surface area contributed by atoms with Crippen LogP contribution in [0.15, 0.2) is 24.3 Å². The second-order valence-electron chi connectivity index (χ2n) is 5.95. The van der Waals surface area contributed by atoms with Crippen molar-refractivity contribution in [3.63, 3.8) is 0 Å². The molecule has 1 aliphatic heterocycles. The van der Waals surface area contributed by atoms with Crippen molar-refractivity contribution in [2.75, 3.05) is 31.8 Å². The van der Waals surface area contributed by atoms with Gasteiger partial charge in [-0.2, -0.15) is 0 Å². The molecule has 140 valence electrons. The Morgan fingerprint density at radius 1 is 1.40 bits per heavy atom. The van der Waals surface area contributed by atoms with Gasteiger partial charge in [0.15, 0.2) is 16.1 Å². The van der Waals surface area contributed by atoms with Gasteiger partial charge in [0.1, 0.15) is 11.5 Å². The first-order chi connectivity index (χ1) is 11.8. The van der Waals surface area contributed by atoms with Gasteiger partial charge >= 0.3 is 6.03 Å². The summed E-state index contributed by atoms with van der Waals surface area (Å²) in [7, 11) is -1.57. The van der Waals surface area contributed by atoms with Gasteiger partial charge in [0, 0.05) is 19.7 Å². The lowest BCUT2D eigenvalue weighted by Gasteiger charge is -2.29. The molecule has 1 aromatic rings. The van der Waals surface area contributed by atoms with Gasteiger partial charge in [-0.3, -0.25) is 0 Å². The number of phenolic OH excluding ortho intramolecular Hbond substituents is 1. The molecule has 0 saturated carbocycles. The fraction of sp³-hybridized carbons (Fsp3) is 0.562. The van der Waals surface area contributed by atoms with Crippen molar-refractivity contribution in [3.05, 3.63) is 24.3 Å². The van der Waals surface area contributed by atoms with Crippen molar-refractivity contribution in [1.29, 1.82) is 0 Å². The molecule has 1 fully saturated rings. The van der Waals surface area contributed by atoms with Crippen molar-refractivity contribution in [3.8, 4) is 11.5 Å². The summed E-state index contributed by atoms with van der Waals surface area (Å²) >= 11 is 0. The van der Waals surface area contributed by atoms with Crippen molar-refractivity contribution in [1.82, 2.24) is 10.2 Å². The summed E-state index contributed by atoms with van der Waals surface area (Å²) in [6, 6.07) is 5.39. The molecule has 0 aromatic heterocycles. The molecule has 0 bridgehead atoms. The van der Waals surface area contributed by atoms with Gasteiger partial charge < -0.3 is 24.8 Å². The van der Waals surface area contributed by atoms with Crippen LogP contribution in [-0.2, 0) is 14.6 Å². The lowest BCUT2D eigenvalue weighted by molar-refractivity contribution is 0.118. The minimum atomic E-state index is -3.10. The van der Waals surface area contributed by atoms with Crippen LogP contribution >= 0.6 is 0 Å². The number of nitrogens with one attached hydrogen (secondary N) is 1. The quantitative estimate of drug-likeness (QED) is 0.691. The maximum atomic E-state index is 12.5. The molecule has 2 rings (SSSR count). The summed E-state index contributed by atoms with van der Waals surface area (Å²) in [5.41, 5.74) is 0. The fourth-order valence-corrected chi connectivity index (χ4v) is 4.41. The Labute approximate surface area is 147 Å². The molecule has 1 heterocycles. The van der Waals surface area contributed by atoms with Crippen LogP contribution in [0.1, 0.15) is 13.3 Å². The maximum absolute atomic E-state index is 12.5. The average Bonchev–Trinajstić information content (AvgIpc) is 2.89. The van der Waals surface area contributed by atoms with Gasteiger partial charge in [-0.25, -0.2) is 13.2 Å². The Morgan fingerprint density at radius 3 is 2.64 bits per heavy atom. The van der Waals surface area contributed by atoms with Crippen LogP contribution in [-0.4, -0.2) is 68.5 Å². The summed E-state index contributed by atoms with van der Waals surface area (Å²) in [5, 5.41) is 12.0. The number of urea groups is 1. The Kier molecular flexibility index (Phi) is 6.49. The van der Waals surface area contributed by atoms with Crippen molar-refractivity contribution in [2.45, 2.75) is 25.6 Å². The third kappa shape index (κ3) is 5.79. The molecule has 2 unspecified atom stereocenters. The average molecular weight is 372 g/mol. The highest BCUT2D eigenvalue weighted by atomic mass is 32.2. The zero-order valence-electron chi connectivity index (χ0n) is 14.3. The first-order valence-corrected chi connectivity index (χ1v) is 9.85. The Morgan fingerprint density at radius 2 is 2.08 bits per heavy atom. The lowest BCUT2D eigenvalue weighted by Crippen LogP contribution is -2.51. The zero-order chi connectivity index (χ0) is 18.4. The van der Waals surface area contributed by atoms with Gasteiger partial charge in [-0.15, -0.1) is 0 Å². The molecular weight excluding hydrogens is 348 g/mol. The van der Waals surface area contributed by atoms with Crippen LogP contribution in [0.4, 0.5) is 4.79 Å². The third-order valence-corrected chi connectivity index (χ3v) is 5.67. The van der Waals surface area contributed by atoms with E-state index in [1.54, 1.807) is 19.1 Å². The van der Waals surface area contributed by atoms with E-state index in [0.29, 0.717) is 25.3 Å². The number of hydrogen-bond donors (Lipinski definition) is 2. The van der Waals surface area contributed by atoms with Gasteiger partial charge in [0.2, 0.25) is 0 Å². The number of hydrogen-bond acceptors (Lipinski definition) is 6. The van der Waals surface area contributed by atoms with Crippen LogP contribution in [0.25, 0.3) is 0 Å². The number of benzene rings is 1. The molecular formula is C16H24N2O6S. The van der Waals surface area contributed by atoms with E-state index in [9.17, 15) is 18.3 Å². The number of sulfone groups is 1. The number of phenols is 1. The van der Waals surface area contributed by atoms with Crippen LogP contribution in [0.3, 0.4) is 0 Å². The SMILES string of the molecule is COCCN(C(=O)NC(C)Oc1ccc(O)cc1)C1CCS(=O)(=O)C1. The zero-order valence-corrected chi connectivity index (χ0v) is 15.2. The molecule has 1 aromatic carbocycles. The molecule has 0 radical (unpaired) electrons. The number of amides is 2. The number of aromatic hydroxyl groups is 1. The van der Waals surface area contributed by atoms with Crippen LogP contribution in [0.2, 0.25) is 0 Å². The molecule has 1 aliphatic rings. The van der Waals surface area contributed by atoms with Gasteiger partial charge in [-0.1, -0.05) is 0 Å². The molecule has 2 amide bonds. The van der Waals surface area contributed by atoms with E-state index in [-0.39, 0.29) is 23.3 Å². The van der Waals surface area contributed by atoms with Crippen LogP contribution in [0.5, 0.6) is 11.5 Å². The van der Waals surface area contributed by atoms with Crippen molar-refractivity contribution < 1.29 is 27.8 Å². The minimum absolute atomic E-state index is 0.0304. The normalized spacial score (nSPS) is 20.0. The number of rotatable bonds is 7. The van der Waals surface area contributed by atoms with E-state index < -0.39 is 22.1 Å². The highest BCUT2D eigenvalue weighted by Crippen LogP contribution is 2.19. The topological polar surface area (TPSA) is 105 Å².